The Morgan fingerprint density at radius 1 is 1.23 bits per heavy atom. The second-order valence-electron chi connectivity index (χ2n) is 6.70. The molecule has 6 heteroatoms. The molecule has 6 nitrogen and oxygen atoms in total. The van der Waals surface area contributed by atoms with E-state index in [1.807, 2.05) is 6.92 Å². The van der Waals surface area contributed by atoms with E-state index in [1.54, 1.807) is 24.3 Å². The zero-order valence-corrected chi connectivity index (χ0v) is 15.1. The molecule has 0 bridgehead atoms. The minimum absolute atomic E-state index is 0.0460. The fourth-order valence-corrected chi connectivity index (χ4v) is 3.18. The van der Waals surface area contributed by atoms with E-state index in [1.165, 1.54) is 12.5 Å². The highest BCUT2D eigenvalue weighted by Gasteiger charge is 2.18. The summed E-state index contributed by atoms with van der Waals surface area (Å²) in [6, 6.07) is 8.52. The molecule has 2 aromatic rings. The number of aromatic nitrogens is 2. The molecule has 3 rings (SSSR count). The first-order chi connectivity index (χ1) is 12.6. The molecule has 1 aromatic heterocycles. The number of nitrogens with one attached hydrogen (secondary N) is 2. The summed E-state index contributed by atoms with van der Waals surface area (Å²) in [6.45, 7) is 2.04. The van der Waals surface area contributed by atoms with Crippen LogP contribution in [-0.4, -0.2) is 22.0 Å². The zero-order chi connectivity index (χ0) is 18.4. The minimum Gasteiger partial charge on any atom is -0.459 e. The maximum absolute atomic E-state index is 12.2. The lowest BCUT2D eigenvalue weighted by Crippen LogP contribution is -2.20. The Morgan fingerprint density at radius 3 is 2.65 bits per heavy atom. The molecular formula is C20H25N3O3. The lowest BCUT2D eigenvalue weighted by atomic mass is 9.98. The van der Waals surface area contributed by atoms with E-state index < -0.39 is 0 Å². The number of nitrogens with zero attached hydrogens (tertiary/aromatic N) is 1. The van der Waals surface area contributed by atoms with E-state index in [0.29, 0.717) is 11.5 Å². The fourth-order valence-electron chi connectivity index (χ4n) is 3.18. The van der Waals surface area contributed by atoms with Gasteiger partial charge in [0.1, 0.15) is 6.10 Å². The summed E-state index contributed by atoms with van der Waals surface area (Å²) < 4.78 is 5.57. The van der Waals surface area contributed by atoms with E-state index in [9.17, 15) is 9.59 Å². The minimum atomic E-state index is -0.278. The Hall–Kier alpha value is -2.63. The van der Waals surface area contributed by atoms with Crippen molar-refractivity contribution in [1.82, 2.24) is 9.97 Å². The lowest BCUT2D eigenvalue weighted by molar-refractivity contribution is 0.0211. The van der Waals surface area contributed by atoms with Crippen LogP contribution in [0.1, 0.15) is 61.5 Å². The average molecular weight is 355 g/mol. The van der Waals surface area contributed by atoms with Crippen LogP contribution in [0.3, 0.4) is 0 Å². The third-order valence-corrected chi connectivity index (χ3v) is 4.51. The topological polar surface area (TPSA) is 84.1 Å². The SMILES string of the molecule is CCCc1cc(=O)[nH]c(Nc2ccc(C(=O)OC3CCCCC3)cc2)n1. The van der Waals surface area contributed by atoms with E-state index >= 15 is 0 Å². The highest BCUT2D eigenvalue weighted by molar-refractivity contribution is 5.90. The molecule has 1 aliphatic rings. The van der Waals surface area contributed by atoms with Crippen molar-refractivity contribution >= 4 is 17.6 Å². The molecule has 1 heterocycles. The Bertz CT molecular complexity index is 793. The molecule has 1 saturated carbocycles. The predicted octanol–water partition coefficient (Wildman–Crippen LogP) is 3.96. The van der Waals surface area contributed by atoms with Crippen molar-refractivity contribution in [1.29, 1.82) is 0 Å². The number of benzene rings is 1. The number of rotatable bonds is 6. The molecule has 0 amide bonds. The van der Waals surface area contributed by atoms with E-state index in [-0.39, 0.29) is 17.6 Å². The fraction of sp³-hybridized carbons (Fsp3) is 0.450. The van der Waals surface area contributed by atoms with Gasteiger partial charge in [0.05, 0.1) is 5.56 Å². The average Bonchev–Trinajstić information content (AvgIpc) is 2.63. The summed E-state index contributed by atoms with van der Waals surface area (Å²) >= 11 is 0. The van der Waals surface area contributed by atoms with Crippen molar-refractivity contribution in [2.45, 2.75) is 58.0 Å². The first-order valence-electron chi connectivity index (χ1n) is 9.32. The summed E-state index contributed by atoms with van der Waals surface area (Å²) in [7, 11) is 0. The summed E-state index contributed by atoms with van der Waals surface area (Å²) in [4.78, 5) is 31.0. The van der Waals surface area contributed by atoms with E-state index in [2.05, 4.69) is 15.3 Å². The summed E-state index contributed by atoms with van der Waals surface area (Å²) in [5.41, 5.74) is 1.85. The van der Waals surface area contributed by atoms with Crippen LogP contribution in [0.5, 0.6) is 0 Å². The predicted molar refractivity (Wildman–Crippen MR) is 101 cm³/mol. The van der Waals surface area contributed by atoms with Crippen molar-refractivity contribution in [3.8, 4) is 0 Å². The first kappa shape index (κ1) is 18.2. The van der Waals surface area contributed by atoms with Crippen molar-refractivity contribution in [3.05, 3.63) is 51.9 Å². The molecule has 26 heavy (non-hydrogen) atoms. The van der Waals surface area contributed by atoms with Gasteiger partial charge in [-0.3, -0.25) is 9.78 Å². The summed E-state index contributed by atoms with van der Waals surface area (Å²) in [6.07, 6.45) is 7.12. The quantitative estimate of drug-likeness (QED) is 0.766. The van der Waals surface area contributed by atoms with E-state index in [4.69, 9.17) is 4.74 Å². The molecule has 1 fully saturated rings. The standard InChI is InChI=1S/C20H25N3O3/c1-2-6-16-13-18(24)23-20(22-16)21-15-11-9-14(10-12-15)19(25)26-17-7-4-3-5-8-17/h9-13,17H,2-8H2,1H3,(H2,21,22,23,24). The van der Waals surface area contributed by atoms with Gasteiger partial charge < -0.3 is 10.1 Å². The highest BCUT2D eigenvalue weighted by Crippen LogP contribution is 2.22. The molecule has 2 N–H and O–H groups in total. The number of aryl methyl sites for hydroxylation is 1. The van der Waals surface area contributed by atoms with Gasteiger partial charge in [0, 0.05) is 17.4 Å². The zero-order valence-electron chi connectivity index (χ0n) is 15.1. The third-order valence-electron chi connectivity index (χ3n) is 4.51. The number of carbonyl (C=O) groups is 1. The molecule has 1 aromatic carbocycles. The van der Waals surface area contributed by atoms with E-state index in [0.717, 1.165) is 49.9 Å². The first-order valence-corrected chi connectivity index (χ1v) is 9.32. The normalized spacial score (nSPS) is 14.8. The van der Waals surface area contributed by atoms with Gasteiger partial charge in [-0.05, 0) is 56.4 Å². The van der Waals surface area contributed by atoms with Gasteiger partial charge in [-0.25, -0.2) is 9.78 Å². The van der Waals surface area contributed by atoms with Crippen LogP contribution in [0, 0.1) is 0 Å². The van der Waals surface area contributed by atoms with Crippen LogP contribution < -0.4 is 10.9 Å². The second-order valence-corrected chi connectivity index (χ2v) is 6.70. The van der Waals surface area contributed by atoms with Gasteiger partial charge in [0.15, 0.2) is 0 Å². The Morgan fingerprint density at radius 2 is 1.96 bits per heavy atom. The van der Waals surface area contributed by atoms with Gasteiger partial charge in [0.25, 0.3) is 5.56 Å². The van der Waals surface area contributed by atoms with Crippen LogP contribution in [0.4, 0.5) is 11.6 Å². The number of esters is 1. The molecule has 0 radical (unpaired) electrons. The Labute approximate surface area is 153 Å². The summed E-state index contributed by atoms with van der Waals surface area (Å²) in [5, 5.41) is 3.07. The lowest BCUT2D eigenvalue weighted by Gasteiger charge is -2.21. The molecule has 0 unspecified atom stereocenters. The second kappa shape index (κ2) is 8.65. The highest BCUT2D eigenvalue weighted by atomic mass is 16.5. The Balaban J connectivity index is 1.64. The van der Waals surface area contributed by atoms with Gasteiger partial charge in [-0.2, -0.15) is 0 Å². The van der Waals surface area contributed by atoms with Crippen LogP contribution in [0.15, 0.2) is 35.1 Å². The van der Waals surface area contributed by atoms with Gasteiger partial charge >= 0.3 is 5.97 Å². The third kappa shape index (κ3) is 4.94. The molecule has 0 spiro atoms. The van der Waals surface area contributed by atoms with Crippen LogP contribution in [0.2, 0.25) is 0 Å². The van der Waals surface area contributed by atoms with Crippen molar-refractivity contribution in [3.63, 3.8) is 0 Å². The molecule has 1 aliphatic carbocycles. The smallest absolute Gasteiger partial charge is 0.338 e. The number of anilines is 2. The molecular weight excluding hydrogens is 330 g/mol. The van der Waals surface area contributed by atoms with Crippen LogP contribution in [-0.2, 0) is 11.2 Å². The Kier molecular flexibility index (Phi) is 6.04. The number of ether oxygens (including phenoxy) is 1. The van der Waals surface area contributed by atoms with Gasteiger partial charge in [0.2, 0.25) is 5.95 Å². The van der Waals surface area contributed by atoms with Crippen molar-refractivity contribution in [2.75, 3.05) is 5.32 Å². The van der Waals surface area contributed by atoms with Crippen LogP contribution >= 0.6 is 0 Å². The number of hydrogen-bond donors (Lipinski definition) is 2. The number of H-pyrrole nitrogens is 1. The monoisotopic (exact) mass is 355 g/mol. The number of hydrogen-bond acceptors (Lipinski definition) is 5. The maximum Gasteiger partial charge on any atom is 0.338 e. The molecule has 138 valence electrons. The van der Waals surface area contributed by atoms with Crippen molar-refractivity contribution < 1.29 is 9.53 Å². The number of aromatic amines is 1. The molecule has 0 saturated heterocycles. The molecule has 0 aliphatic heterocycles. The largest absolute Gasteiger partial charge is 0.459 e. The van der Waals surface area contributed by atoms with Crippen LogP contribution in [0.25, 0.3) is 0 Å². The van der Waals surface area contributed by atoms with Gasteiger partial charge in [-0.15, -0.1) is 0 Å². The van der Waals surface area contributed by atoms with Gasteiger partial charge in [-0.1, -0.05) is 19.8 Å². The number of carbonyl (C=O) groups excluding carboxylic acids is 1. The summed E-state index contributed by atoms with van der Waals surface area (Å²) in [5.74, 6) is 0.124. The molecule has 0 atom stereocenters. The maximum atomic E-state index is 12.2. The van der Waals surface area contributed by atoms with Crippen molar-refractivity contribution in [2.24, 2.45) is 0 Å².